The highest BCUT2D eigenvalue weighted by Crippen LogP contribution is 2.40. The molecule has 2 atom stereocenters. The summed E-state index contributed by atoms with van der Waals surface area (Å²) < 4.78 is 31.3. The van der Waals surface area contributed by atoms with Crippen molar-refractivity contribution < 1.29 is 13.5 Å². The Bertz CT molecular complexity index is 669. The van der Waals surface area contributed by atoms with E-state index < -0.39 is 6.08 Å². The van der Waals surface area contributed by atoms with Crippen LogP contribution in [0.15, 0.2) is 36.4 Å². The SMILES string of the molecule is CCC1CCC(C2CCC(c3ccc(C4CCC(C=C(F)F)CC4)cc3)CO2)CC1. The van der Waals surface area contributed by atoms with Crippen LogP contribution in [0, 0.1) is 17.8 Å². The summed E-state index contributed by atoms with van der Waals surface area (Å²) in [6.45, 7) is 3.19. The van der Waals surface area contributed by atoms with Crippen molar-refractivity contribution >= 4 is 0 Å². The molecule has 4 rings (SSSR count). The Kier molecular flexibility index (Phi) is 7.62. The Hall–Kier alpha value is -1.22. The van der Waals surface area contributed by atoms with Gasteiger partial charge in [-0.3, -0.25) is 0 Å². The lowest BCUT2D eigenvalue weighted by molar-refractivity contribution is -0.0434. The van der Waals surface area contributed by atoms with Gasteiger partial charge in [0.05, 0.1) is 12.7 Å². The van der Waals surface area contributed by atoms with Gasteiger partial charge in [-0.25, -0.2) is 0 Å². The van der Waals surface area contributed by atoms with Gasteiger partial charge in [-0.2, -0.15) is 8.78 Å². The molecule has 3 fully saturated rings. The van der Waals surface area contributed by atoms with Crippen LogP contribution in [0.25, 0.3) is 0 Å². The molecule has 0 radical (unpaired) electrons. The van der Waals surface area contributed by atoms with Crippen molar-refractivity contribution in [1.29, 1.82) is 0 Å². The van der Waals surface area contributed by atoms with Gasteiger partial charge in [0.25, 0.3) is 6.08 Å². The minimum atomic E-state index is -1.52. The maximum atomic E-state index is 12.5. The van der Waals surface area contributed by atoms with Crippen molar-refractivity contribution in [2.24, 2.45) is 17.8 Å². The third-order valence-electron chi connectivity index (χ3n) is 8.32. The number of hydrogen-bond acceptors (Lipinski definition) is 1. The molecular weight excluding hydrogens is 378 g/mol. The Balaban J connectivity index is 1.25. The van der Waals surface area contributed by atoms with Crippen LogP contribution in [0.2, 0.25) is 0 Å². The van der Waals surface area contributed by atoms with Crippen LogP contribution in [0.3, 0.4) is 0 Å². The van der Waals surface area contributed by atoms with Crippen LogP contribution in [0.4, 0.5) is 8.78 Å². The molecule has 1 aromatic rings. The van der Waals surface area contributed by atoms with Crippen LogP contribution in [-0.2, 0) is 4.74 Å². The number of halogens is 2. The van der Waals surface area contributed by atoms with E-state index in [1.165, 1.54) is 56.1 Å². The van der Waals surface area contributed by atoms with E-state index in [2.05, 4.69) is 31.2 Å². The lowest BCUT2D eigenvalue weighted by Crippen LogP contribution is -2.33. The summed E-state index contributed by atoms with van der Waals surface area (Å²) in [4.78, 5) is 0. The second-order valence-electron chi connectivity index (χ2n) is 10.1. The molecule has 0 aromatic heterocycles. The topological polar surface area (TPSA) is 9.23 Å². The number of rotatable bonds is 5. The number of benzene rings is 1. The molecule has 2 saturated carbocycles. The monoisotopic (exact) mass is 416 g/mol. The van der Waals surface area contributed by atoms with E-state index in [1.54, 1.807) is 0 Å². The minimum absolute atomic E-state index is 0.0647. The van der Waals surface area contributed by atoms with E-state index in [4.69, 9.17) is 4.74 Å². The second-order valence-corrected chi connectivity index (χ2v) is 10.1. The molecule has 3 aliphatic rings. The van der Waals surface area contributed by atoms with Crippen LogP contribution in [-0.4, -0.2) is 12.7 Å². The third kappa shape index (κ3) is 5.52. The fraction of sp³-hybridized carbons (Fsp3) is 0.704. The smallest absolute Gasteiger partial charge is 0.266 e. The highest BCUT2D eigenvalue weighted by atomic mass is 19.3. The zero-order valence-corrected chi connectivity index (χ0v) is 18.5. The van der Waals surface area contributed by atoms with E-state index in [1.807, 2.05) is 0 Å². The van der Waals surface area contributed by atoms with Gasteiger partial charge < -0.3 is 4.74 Å². The first-order valence-corrected chi connectivity index (χ1v) is 12.4. The zero-order chi connectivity index (χ0) is 20.9. The highest BCUT2D eigenvalue weighted by molar-refractivity contribution is 5.28. The van der Waals surface area contributed by atoms with E-state index >= 15 is 0 Å². The molecule has 0 bridgehead atoms. The molecule has 0 N–H and O–H groups in total. The molecule has 166 valence electrons. The molecule has 3 heteroatoms. The van der Waals surface area contributed by atoms with Crippen molar-refractivity contribution in [3.05, 3.63) is 47.5 Å². The molecule has 0 amide bonds. The molecule has 2 aliphatic carbocycles. The Morgan fingerprint density at radius 3 is 1.97 bits per heavy atom. The lowest BCUT2D eigenvalue weighted by atomic mass is 9.76. The molecule has 1 aromatic carbocycles. The lowest BCUT2D eigenvalue weighted by Gasteiger charge is -2.38. The fourth-order valence-corrected chi connectivity index (χ4v) is 6.21. The standard InChI is InChI=1S/C27H38F2O/c1-2-19-3-9-24(10-4-19)26-16-15-25(18-30-26)23-13-11-22(12-14-23)21-7-5-20(6-8-21)17-27(28)29/h11-14,17,19-21,24-26H,2-10,15-16,18H2,1H3. The van der Waals surface area contributed by atoms with E-state index in [9.17, 15) is 8.78 Å². The van der Waals surface area contributed by atoms with Gasteiger partial charge in [-0.05, 0) is 92.2 Å². The molecule has 1 saturated heterocycles. The first-order valence-electron chi connectivity index (χ1n) is 12.4. The predicted molar refractivity (Wildman–Crippen MR) is 119 cm³/mol. The van der Waals surface area contributed by atoms with Crippen molar-refractivity contribution in [2.45, 2.75) is 95.5 Å². The summed E-state index contributed by atoms with van der Waals surface area (Å²) in [5.74, 6) is 2.85. The van der Waals surface area contributed by atoms with Crippen molar-refractivity contribution in [2.75, 3.05) is 6.61 Å². The van der Waals surface area contributed by atoms with Crippen LogP contribution < -0.4 is 0 Å². The maximum Gasteiger partial charge on any atom is 0.266 e. The normalized spacial score (nSPS) is 35.0. The number of hydrogen-bond donors (Lipinski definition) is 0. The number of allylic oxidation sites excluding steroid dienone is 1. The first kappa shape index (κ1) is 22.0. The van der Waals surface area contributed by atoms with Crippen molar-refractivity contribution in [3.63, 3.8) is 0 Å². The van der Waals surface area contributed by atoms with Crippen LogP contribution in [0.5, 0.6) is 0 Å². The summed E-state index contributed by atoms with van der Waals surface area (Å²) in [6, 6.07) is 9.15. The van der Waals surface area contributed by atoms with Crippen molar-refractivity contribution in [3.8, 4) is 0 Å². The largest absolute Gasteiger partial charge is 0.377 e. The molecule has 1 nitrogen and oxygen atoms in total. The summed E-state index contributed by atoms with van der Waals surface area (Å²) >= 11 is 0. The predicted octanol–water partition coefficient (Wildman–Crippen LogP) is 8.22. The summed E-state index contributed by atoms with van der Waals surface area (Å²) in [5.41, 5.74) is 2.78. The Labute approximate surface area is 181 Å². The van der Waals surface area contributed by atoms with E-state index in [0.29, 0.717) is 17.9 Å². The van der Waals surface area contributed by atoms with E-state index in [0.717, 1.165) is 50.2 Å². The quantitative estimate of drug-likeness (QED) is 0.470. The average Bonchev–Trinajstić information content (AvgIpc) is 2.80. The van der Waals surface area contributed by atoms with Gasteiger partial charge >= 0.3 is 0 Å². The van der Waals surface area contributed by atoms with Gasteiger partial charge in [0.15, 0.2) is 0 Å². The minimum Gasteiger partial charge on any atom is -0.377 e. The molecule has 0 spiro atoms. The molecule has 2 unspecified atom stereocenters. The zero-order valence-electron chi connectivity index (χ0n) is 18.5. The highest BCUT2D eigenvalue weighted by Gasteiger charge is 2.32. The van der Waals surface area contributed by atoms with Gasteiger partial charge in [0.2, 0.25) is 0 Å². The molecule has 1 heterocycles. The molecule has 30 heavy (non-hydrogen) atoms. The first-order chi connectivity index (χ1) is 14.6. The Morgan fingerprint density at radius 1 is 0.833 bits per heavy atom. The van der Waals surface area contributed by atoms with E-state index in [-0.39, 0.29) is 5.92 Å². The maximum absolute atomic E-state index is 12.5. The van der Waals surface area contributed by atoms with Crippen molar-refractivity contribution in [1.82, 2.24) is 0 Å². The fourth-order valence-electron chi connectivity index (χ4n) is 6.21. The third-order valence-corrected chi connectivity index (χ3v) is 8.32. The Morgan fingerprint density at radius 2 is 1.43 bits per heavy atom. The van der Waals surface area contributed by atoms with Crippen LogP contribution >= 0.6 is 0 Å². The van der Waals surface area contributed by atoms with Gasteiger partial charge in [0.1, 0.15) is 0 Å². The second kappa shape index (κ2) is 10.4. The summed E-state index contributed by atoms with van der Waals surface area (Å²) in [5, 5.41) is 0. The van der Waals surface area contributed by atoms with Crippen LogP contribution in [0.1, 0.15) is 101 Å². The summed E-state index contributed by atoms with van der Waals surface area (Å²) in [6.07, 6.45) is 13.2. The van der Waals surface area contributed by atoms with Gasteiger partial charge in [-0.1, -0.05) is 50.5 Å². The molecule has 1 aliphatic heterocycles. The number of ether oxygens (including phenoxy) is 1. The van der Waals surface area contributed by atoms with Gasteiger partial charge in [-0.15, -0.1) is 0 Å². The summed E-state index contributed by atoms with van der Waals surface area (Å²) in [7, 11) is 0. The van der Waals surface area contributed by atoms with Gasteiger partial charge in [0, 0.05) is 5.92 Å². The molecular formula is C27H38F2O. The average molecular weight is 417 g/mol.